The lowest BCUT2D eigenvalue weighted by molar-refractivity contribution is 0.0597. The average Bonchev–Trinajstić information content (AvgIpc) is 3.63. The summed E-state index contributed by atoms with van der Waals surface area (Å²) in [4.78, 5) is 60.0. The van der Waals surface area contributed by atoms with Gasteiger partial charge >= 0.3 is 0 Å². The first-order valence-corrected chi connectivity index (χ1v) is 15.8. The highest BCUT2D eigenvalue weighted by Crippen LogP contribution is 2.34. The van der Waals surface area contributed by atoms with Gasteiger partial charge in [0.1, 0.15) is 0 Å². The normalized spacial score (nSPS) is 14.2. The van der Waals surface area contributed by atoms with E-state index in [-0.39, 0.29) is 43.3 Å². The van der Waals surface area contributed by atoms with Crippen molar-refractivity contribution in [2.24, 2.45) is 0 Å². The van der Waals surface area contributed by atoms with Crippen molar-refractivity contribution in [3.63, 3.8) is 0 Å². The van der Waals surface area contributed by atoms with Crippen molar-refractivity contribution < 1.29 is 24.3 Å². The van der Waals surface area contributed by atoms with Gasteiger partial charge < -0.3 is 20.3 Å². The lowest BCUT2D eigenvalue weighted by Gasteiger charge is -2.28. The van der Waals surface area contributed by atoms with Crippen LogP contribution in [0.3, 0.4) is 0 Å². The van der Waals surface area contributed by atoms with Crippen molar-refractivity contribution in [3.05, 3.63) is 107 Å². The molecule has 238 valence electrons. The Morgan fingerprint density at radius 1 is 0.638 bits per heavy atom. The van der Waals surface area contributed by atoms with E-state index in [9.17, 15) is 24.3 Å². The third-order valence-electron chi connectivity index (χ3n) is 8.95. The number of aliphatic hydroxyl groups excluding tert-OH is 1. The Labute approximate surface area is 270 Å². The van der Waals surface area contributed by atoms with E-state index in [0.29, 0.717) is 65.6 Å². The van der Waals surface area contributed by atoms with Gasteiger partial charge in [-0.25, -0.2) is 4.98 Å². The molecule has 0 atom stereocenters. The van der Waals surface area contributed by atoms with Crippen LogP contribution in [0, 0.1) is 0 Å². The molecule has 0 fully saturated rings. The fraction of sp³-hybridized carbons (Fsp3) is 0.250. The van der Waals surface area contributed by atoms with E-state index >= 15 is 0 Å². The Bertz CT molecular complexity index is 1990. The number of nitrogens with one attached hydrogen (secondary N) is 2. The Kier molecular flexibility index (Phi) is 8.33. The molecule has 0 radical (unpaired) electrons. The monoisotopic (exact) mass is 630 g/mol. The first-order chi connectivity index (χ1) is 23.0. The summed E-state index contributed by atoms with van der Waals surface area (Å²) in [7, 11) is 0. The fourth-order valence-electron chi connectivity index (χ4n) is 6.68. The lowest BCUT2D eigenvalue weighted by atomic mass is 9.90. The standard InChI is InChI=1S/C36H34N6O5/c43-21-12-23-8-9-28-31-24(23)4-1-6-26(31)33(44)41(35(28)46)19-16-37-13-3-14-38-17-20-42-34(45)27-7-2-5-25-30(40-18-15-39-22-40)11-10-29(32(25)27)36(42)47/h1-2,4-11,15,18,22,37-38,43H,3,12-14,16-17,19-21H2. The van der Waals surface area contributed by atoms with Gasteiger partial charge in [-0.3, -0.25) is 29.0 Å². The molecule has 0 unspecified atom stereocenters. The van der Waals surface area contributed by atoms with Crippen molar-refractivity contribution in [1.29, 1.82) is 0 Å². The molecule has 0 saturated heterocycles. The zero-order valence-corrected chi connectivity index (χ0v) is 25.7. The highest BCUT2D eigenvalue weighted by molar-refractivity contribution is 6.27. The number of carbonyl (C=O) groups excluding carboxylic acids is 4. The van der Waals surface area contributed by atoms with Crippen molar-refractivity contribution in [2.75, 3.05) is 45.9 Å². The maximum Gasteiger partial charge on any atom is 0.261 e. The number of imide groups is 2. The minimum absolute atomic E-state index is 0.00695. The number of benzene rings is 4. The minimum Gasteiger partial charge on any atom is -0.396 e. The van der Waals surface area contributed by atoms with Gasteiger partial charge in [0.15, 0.2) is 0 Å². The maximum atomic E-state index is 13.4. The van der Waals surface area contributed by atoms with Crippen LogP contribution in [-0.4, -0.2) is 94.0 Å². The SMILES string of the molecule is O=C1c2cccc3c(CCO)ccc(c23)C(=O)N1CCNCCCNCCN1C(=O)c2cccc3c(-n4ccnc4)ccc(c23)C1=O. The van der Waals surface area contributed by atoms with E-state index < -0.39 is 0 Å². The number of rotatable bonds is 13. The third kappa shape index (κ3) is 5.38. The summed E-state index contributed by atoms with van der Waals surface area (Å²) >= 11 is 0. The summed E-state index contributed by atoms with van der Waals surface area (Å²) in [5.41, 5.74) is 3.81. The van der Waals surface area contributed by atoms with Crippen LogP contribution in [0.4, 0.5) is 0 Å². The Morgan fingerprint density at radius 3 is 1.77 bits per heavy atom. The molecular formula is C36H34N6O5. The fourth-order valence-corrected chi connectivity index (χ4v) is 6.68. The van der Waals surface area contributed by atoms with Gasteiger partial charge in [0.05, 0.1) is 12.0 Å². The molecule has 47 heavy (non-hydrogen) atoms. The average molecular weight is 631 g/mol. The molecule has 2 aliphatic rings. The number of nitrogens with zero attached hydrogens (tertiary/aromatic N) is 4. The van der Waals surface area contributed by atoms with Gasteiger partial charge in [0, 0.05) is 83.6 Å². The van der Waals surface area contributed by atoms with E-state index in [1.807, 2.05) is 47.2 Å². The Hall–Kier alpha value is -5.23. The van der Waals surface area contributed by atoms with Crippen LogP contribution in [0.1, 0.15) is 53.4 Å². The second-order valence-corrected chi connectivity index (χ2v) is 11.7. The minimum atomic E-state index is -0.308. The molecule has 3 N–H and O–H groups in total. The number of carbonyl (C=O) groups is 4. The number of aliphatic hydroxyl groups is 1. The van der Waals surface area contributed by atoms with E-state index in [0.717, 1.165) is 28.4 Å². The molecule has 11 heteroatoms. The largest absolute Gasteiger partial charge is 0.396 e. The van der Waals surface area contributed by atoms with Crippen LogP contribution in [0.2, 0.25) is 0 Å². The highest BCUT2D eigenvalue weighted by atomic mass is 16.3. The molecule has 0 aliphatic carbocycles. The van der Waals surface area contributed by atoms with Gasteiger partial charge in [-0.05, 0) is 67.2 Å². The number of imidazole rings is 1. The summed E-state index contributed by atoms with van der Waals surface area (Å²) in [5.74, 6) is -1.22. The van der Waals surface area contributed by atoms with E-state index in [4.69, 9.17) is 0 Å². The van der Waals surface area contributed by atoms with Crippen LogP contribution in [0.25, 0.3) is 27.2 Å². The van der Waals surface area contributed by atoms with Crippen molar-refractivity contribution in [3.8, 4) is 5.69 Å². The predicted octanol–water partition coefficient (Wildman–Crippen LogP) is 3.18. The van der Waals surface area contributed by atoms with Gasteiger partial charge in [0.25, 0.3) is 23.6 Å². The molecule has 3 heterocycles. The Morgan fingerprint density at radius 2 is 1.19 bits per heavy atom. The summed E-state index contributed by atoms with van der Waals surface area (Å²) < 4.78 is 1.87. The first kappa shape index (κ1) is 30.4. The summed E-state index contributed by atoms with van der Waals surface area (Å²) in [6.45, 7) is 2.73. The van der Waals surface area contributed by atoms with Gasteiger partial charge in [-0.2, -0.15) is 0 Å². The molecule has 4 amide bonds. The second-order valence-electron chi connectivity index (χ2n) is 11.7. The molecule has 0 saturated carbocycles. The predicted molar refractivity (Wildman–Crippen MR) is 177 cm³/mol. The van der Waals surface area contributed by atoms with Gasteiger partial charge in [0.2, 0.25) is 0 Å². The lowest BCUT2D eigenvalue weighted by Crippen LogP contribution is -2.44. The van der Waals surface area contributed by atoms with Crippen LogP contribution in [-0.2, 0) is 6.42 Å². The summed E-state index contributed by atoms with van der Waals surface area (Å²) in [6.07, 6.45) is 6.44. The summed E-state index contributed by atoms with van der Waals surface area (Å²) in [6, 6.07) is 18.2. The maximum absolute atomic E-state index is 13.4. The van der Waals surface area contributed by atoms with E-state index in [1.165, 1.54) is 9.80 Å². The van der Waals surface area contributed by atoms with Crippen LogP contribution in [0.15, 0.2) is 79.4 Å². The number of amides is 4. The molecule has 1 aromatic heterocycles. The molecule has 0 spiro atoms. The van der Waals surface area contributed by atoms with Crippen LogP contribution >= 0.6 is 0 Å². The Balaban J connectivity index is 0.880. The molecular weight excluding hydrogens is 596 g/mol. The van der Waals surface area contributed by atoms with Crippen molar-refractivity contribution in [2.45, 2.75) is 12.8 Å². The number of aromatic nitrogens is 2. The van der Waals surface area contributed by atoms with Crippen LogP contribution in [0.5, 0.6) is 0 Å². The third-order valence-corrected chi connectivity index (χ3v) is 8.95. The smallest absolute Gasteiger partial charge is 0.261 e. The zero-order valence-electron chi connectivity index (χ0n) is 25.7. The van der Waals surface area contributed by atoms with Gasteiger partial charge in [-0.1, -0.05) is 30.3 Å². The van der Waals surface area contributed by atoms with Crippen molar-refractivity contribution >= 4 is 45.2 Å². The topological polar surface area (TPSA) is 137 Å². The highest BCUT2D eigenvalue weighted by Gasteiger charge is 2.34. The molecule has 0 bridgehead atoms. The molecule has 2 aliphatic heterocycles. The van der Waals surface area contributed by atoms with Crippen molar-refractivity contribution in [1.82, 2.24) is 30.0 Å². The number of hydrogen-bond donors (Lipinski definition) is 3. The first-order valence-electron chi connectivity index (χ1n) is 15.8. The summed E-state index contributed by atoms with van der Waals surface area (Å²) in [5, 5.41) is 19.0. The molecule has 7 rings (SSSR count). The molecule has 4 aromatic carbocycles. The quantitative estimate of drug-likeness (QED) is 0.133. The van der Waals surface area contributed by atoms with Gasteiger partial charge in [-0.15, -0.1) is 0 Å². The zero-order chi connectivity index (χ0) is 32.5. The van der Waals surface area contributed by atoms with E-state index in [1.54, 1.807) is 36.8 Å². The number of hydrogen-bond acceptors (Lipinski definition) is 8. The molecule has 11 nitrogen and oxygen atoms in total. The van der Waals surface area contributed by atoms with Crippen LogP contribution < -0.4 is 10.6 Å². The molecule has 5 aromatic rings. The van der Waals surface area contributed by atoms with E-state index in [2.05, 4.69) is 15.6 Å². The second kappa shape index (κ2) is 12.9.